The minimum Gasteiger partial charge on any atom is -0.383 e. The van der Waals surface area contributed by atoms with Crippen LogP contribution < -0.4 is 5.73 Å². The van der Waals surface area contributed by atoms with Crippen LogP contribution in [0.2, 0.25) is 0 Å². The van der Waals surface area contributed by atoms with Crippen LogP contribution in [0.5, 0.6) is 0 Å². The van der Waals surface area contributed by atoms with Gasteiger partial charge in [0.25, 0.3) is 0 Å². The van der Waals surface area contributed by atoms with Crippen molar-refractivity contribution in [1.29, 1.82) is 10.7 Å². The average Bonchev–Trinajstić information content (AvgIpc) is 3.47. The predicted octanol–water partition coefficient (Wildman–Crippen LogP) is 8.05. The van der Waals surface area contributed by atoms with Crippen LogP contribution in [0.3, 0.4) is 0 Å². The number of aromatic nitrogens is 2. The lowest BCUT2D eigenvalue weighted by Crippen LogP contribution is -2.27. The maximum atomic E-state index is 8.99. The molecule has 0 amide bonds. The number of fused-ring (bicyclic) bond motifs is 4. The molecule has 0 spiro atoms. The maximum absolute atomic E-state index is 8.99. The van der Waals surface area contributed by atoms with E-state index in [1.54, 1.807) is 0 Å². The van der Waals surface area contributed by atoms with Gasteiger partial charge in [-0.3, -0.25) is 5.41 Å². The highest BCUT2D eigenvalue weighted by molar-refractivity contribution is 7.20. The number of aryl methyl sites for hydroxylation is 2. The van der Waals surface area contributed by atoms with E-state index in [0.29, 0.717) is 10.8 Å². The van der Waals surface area contributed by atoms with Crippen LogP contribution in [0.1, 0.15) is 86.7 Å². The fraction of sp³-hybridized carbons (Fsp3) is 0.500. The van der Waals surface area contributed by atoms with Crippen LogP contribution in [0.25, 0.3) is 20.4 Å². The highest BCUT2D eigenvalue weighted by atomic mass is 32.1. The van der Waals surface area contributed by atoms with Gasteiger partial charge in [0.05, 0.1) is 4.88 Å². The van der Waals surface area contributed by atoms with Crippen molar-refractivity contribution in [3.63, 3.8) is 0 Å². The van der Waals surface area contributed by atoms with Gasteiger partial charge in [-0.1, -0.05) is 41.5 Å². The molecule has 2 atom stereocenters. The second-order valence-corrected chi connectivity index (χ2v) is 15.4. The topological polar surface area (TPSA) is 99.4 Å². The van der Waals surface area contributed by atoms with Gasteiger partial charge in [-0.15, -0.1) is 22.7 Å². The Morgan fingerprint density at radius 3 is 1.79 bits per heavy atom. The molecule has 0 bridgehead atoms. The van der Waals surface area contributed by atoms with E-state index >= 15 is 0 Å². The molecule has 4 aromatic heterocycles. The third-order valence-corrected chi connectivity index (χ3v) is 10.6. The minimum absolute atomic E-state index is 0.138. The fourth-order valence-corrected chi connectivity index (χ4v) is 7.64. The summed E-state index contributed by atoms with van der Waals surface area (Å²) >= 11 is 3.03. The van der Waals surface area contributed by atoms with Crippen LogP contribution in [0, 0.1) is 39.4 Å². The summed E-state index contributed by atoms with van der Waals surface area (Å²) in [6, 6.07) is 10.7. The molecule has 0 aromatic carbocycles. The Labute approximate surface area is 240 Å². The summed E-state index contributed by atoms with van der Waals surface area (Å²) in [5.41, 5.74) is 11.6. The summed E-state index contributed by atoms with van der Waals surface area (Å²) in [5, 5.41) is 18.8. The van der Waals surface area contributed by atoms with Gasteiger partial charge in [0.2, 0.25) is 0 Å². The van der Waals surface area contributed by atoms with Gasteiger partial charge in [-0.05, 0) is 96.6 Å². The maximum Gasteiger partial charge on any atom is 0.133 e. The lowest BCUT2D eigenvalue weighted by atomic mass is 9.71. The molecular formula is C32H39N5S2. The van der Waals surface area contributed by atoms with Crippen molar-refractivity contribution in [2.24, 2.45) is 28.4 Å². The molecule has 204 valence electrons. The van der Waals surface area contributed by atoms with Crippen molar-refractivity contribution in [3.8, 4) is 6.07 Å². The zero-order chi connectivity index (χ0) is 28.1. The molecule has 6 rings (SSSR count). The van der Waals surface area contributed by atoms with Gasteiger partial charge in [-0.25, -0.2) is 9.97 Å². The van der Waals surface area contributed by atoms with Crippen LogP contribution in [-0.4, -0.2) is 15.8 Å². The van der Waals surface area contributed by atoms with Crippen molar-refractivity contribution < 1.29 is 0 Å². The number of nitrogen functional groups attached to an aromatic ring is 1. The molecule has 4 aromatic rings. The summed E-state index contributed by atoms with van der Waals surface area (Å²) in [7, 11) is 0. The van der Waals surface area contributed by atoms with E-state index in [9.17, 15) is 0 Å². The predicted molar refractivity (Wildman–Crippen MR) is 165 cm³/mol. The van der Waals surface area contributed by atoms with Gasteiger partial charge in [0.1, 0.15) is 26.4 Å². The number of nitrogens with zero attached hydrogens (tertiary/aromatic N) is 3. The third-order valence-electron chi connectivity index (χ3n) is 8.57. The van der Waals surface area contributed by atoms with Crippen molar-refractivity contribution in [1.82, 2.24) is 9.97 Å². The summed E-state index contributed by atoms with van der Waals surface area (Å²) in [4.78, 5) is 13.2. The number of hydrogen-bond acceptors (Lipinski definition) is 6. The Morgan fingerprint density at radius 1 is 0.846 bits per heavy atom. The van der Waals surface area contributed by atoms with E-state index < -0.39 is 0 Å². The first kappa shape index (κ1) is 27.7. The first-order chi connectivity index (χ1) is 18.3. The molecule has 0 fully saturated rings. The fourth-order valence-electron chi connectivity index (χ4n) is 5.91. The Hall–Kier alpha value is -2.82. The highest BCUT2D eigenvalue weighted by Gasteiger charge is 2.30. The molecule has 0 saturated heterocycles. The molecule has 0 aliphatic heterocycles. The largest absolute Gasteiger partial charge is 0.383 e. The Morgan fingerprint density at radius 2 is 1.33 bits per heavy atom. The Bertz CT molecular complexity index is 1590. The van der Waals surface area contributed by atoms with E-state index in [0.717, 1.165) is 67.7 Å². The molecule has 0 saturated carbocycles. The lowest BCUT2D eigenvalue weighted by molar-refractivity contribution is 0.215. The van der Waals surface area contributed by atoms with E-state index in [4.69, 9.17) is 26.4 Å². The van der Waals surface area contributed by atoms with Gasteiger partial charge >= 0.3 is 0 Å². The number of nitrogens with two attached hydrogens (primary N) is 1. The smallest absolute Gasteiger partial charge is 0.133 e. The van der Waals surface area contributed by atoms with Crippen LogP contribution in [-0.2, 0) is 25.7 Å². The van der Waals surface area contributed by atoms with Gasteiger partial charge in [0, 0.05) is 22.2 Å². The van der Waals surface area contributed by atoms with Crippen LogP contribution >= 0.6 is 22.7 Å². The number of hydrogen-bond donors (Lipinski definition) is 2. The zero-order valence-electron chi connectivity index (χ0n) is 23.9. The molecule has 5 nitrogen and oxygen atoms in total. The highest BCUT2D eigenvalue weighted by Crippen LogP contribution is 2.39. The first-order valence-corrected chi connectivity index (χ1v) is 15.5. The van der Waals surface area contributed by atoms with Crippen molar-refractivity contribution in [2.45, 2.75) is 80.1 Å². The van der Waals surface area contributed by atoms with E-state index in [-0.39, 0.29) is 5.84 Å². The number of rotatable bonds is 1. The quantitative estimate of drug-likeness (QED) is 0.183. The molecule has 2 unspecified atom stereocenters. The number of amidine groups is 1. The summed E-state index contributed by atoms with van der Waals surface area (Å²) in [6.07, 6.45) is 6.84. The van der Waals surface area contributed by atoms with Crippen molar-refractivity contribution in [2.75, 3.05) is 0 Å². The van der Waals surface area contributed by atoms with Gasteiger partial charge in [-0.2, -0.15) is 5.26 Å². The summed E-state index contributed by atoms with van der Waals surface area (Å²) < 4.78 is 0. The van der Waals surface area contributed by atoms with E-state index in [1.807, 2.05) is 12.1 Å². The molecule has 2 aliphatic rings. The molecule has 7 heteroatoms. The minimum atomic E-state index is 0.138. The lowest BCUT2D eigenvalue weighted by Gasteiger charge is -2.34. The Balaban J connectivity index is 0.000000158. The van der Waals surface area contributed by atoms with Gasteiger partial charge < -0.3 is 5.73 Å². The molecule has 4 heterocycles. The first-order valence-electron chi connectivity index (χ1n) is 13.9. The van der Waals surface area contributed by atoms with E-state index in [1.165, 1.54) is 58.0 Å². The monoisotopic (exact) mass is 557 g/mol. The molecule has 2 aliphatic carbocycles. The average molecular weight is 558 g/mol. The number of pyridine rings is 2. The third kappa shape index (κ3) is 5.88. The van der Waals surface area contributed by atoms with Crippen LogP contribution in [0.15, 0.2) is 24.3 Å². The molecular weight excluding hydrogens is 519 g/mol. The zero-order valence-corrected chi connectivity index (χ0v) is 25.6. The summed E-state index contributed by atoms with van der Waals surface area (Å²) in [5.74, 6) is 1.59. The SMILES string of the molecule is CC(C)(C)C1CCc2nc3sc(C#N)cc3cc2C1.CC(C)(C)C1CCc2nc3sc(C(=N)N)cc3cc2C1. The van der Waals surface area contributed by atoms with Crippen molar-refractivity contribution in [3.05, 3.63) is 56.5 Å². The van der Waals surface area contributed by atoms with Gasteiger partial charge in [0.15, 0.2) is 0 Å². The standard InChI is InChI=1S/C16H21N3S.C16H18N2S/c1-16(2,3)11-4-5-12-9(7-11)6-10-8-13(14(17)18)20-15(10)19-12;1-16(2,3)12-4-5-14-10(7-12)6-11-8-13(9-17)19-15(11)18-14/h6,8,11H,4-5,7H2,1-3H3,(H3,17,18);6,8,12H,4-5,7H2,1-3H3. The van der Waals surface area contributed by atoms with Crippen molar-refractivity contribution >= 4 is 48.9 Å². The van der Waals surface area contributed by atoms with E-state index in [2.05, 4.69) is 59.7 Å². The number of nitrogens with one attached hydrogen (secondary N) is 1. The second-order valence-electron chi connectivity index (χ2n) is 13.3. The summed E-state index contributed by atoms with van der Waals surface area (Å²) in [6.45, 7) is 14.0. The molecule has 0 radical (unpaired) electrons. The number of thiophene rings is 2. The molecule has 39 heavy (non-hydrogen) atoms. The Kier molecular flexibility index (Phi) is 7.32. The number of nitriles is 1. The van der Waals surface area contributed by atoms with Crippen LogP contribution in [0.4, 0.5) is 0 Å². The normalized spacial score (nSPS) is 19.1. The second kappa shape index (κ2) is 10.3. The molecule has 3 N–H and O–H groups in total.